The van der Waals surface area contributed by atoms with Crippen molar-refractivity contribution in [2.45, 2.75) is 39.2 Å². The van der Waals surface area contributed by atoms with Crippen molar-refractivity contribution in [1.29, 1.82) is 0 Å². The van der Waals surface area contributed by atoms with Crippen LogP contribution in [0.25, 0.3) is 0 Å². The molecule has 0 radical (unpaired) electrons. The first kappa shape index (κ1) is 15.0. The van der Waals surface area contributed by atoms with E-state index < -0.39 is 0 Å². The molecule has 0 atom stereocenters. The van der Waals surface area contributed by atoms with E-state index in [1.165, 1.54) is 12.0 Å². The normalized spacial score (nSPS) is 15.6. The number of benzene rings is 1. The standard InChI is InChI=1S/C17H26N2O/c1-2-11-18(14-16-9-5-3-6-10-16)15-17(20)19-12-7-4-8-13-19/h3,5-6,9-10H,2,4,7-8,11-15H2,1H3. The van der Waals surface area contributed by atoms with Crippen LogP contribution in [0.2, 0.25) is 0 Å². The Labute approximate surface area is 122 Å². The lowest BCUT2D eigenvalue weighted by Crippen LogP contribution is -2.42. The largest absolute Gasteiger partial charge is 0.342 e. The summed E-state index contributed by atoms with van der Waals surface area (Å²) in [5.41, 5.74) is 1.28. The Morgan fingerprint density at radius 3 is 2.50 bits per heavy atom. The summed E-state index contributed by atoms with van der Waals surface area (Å²) in [5.74, 6) is 0.300. The van der Waals surface area contributed by atoms with Gasteiger partial charge in [-0.3, -0.25) is 9.69 Å². The molecule has 3 heteroatoms. The van der Waals surface area contributed by atoms with E-state index >= 15 is 0 Å². The van der Waals surface area contributed by atoms with Gasteiger partial charge in [-0.2, -0.15) is 0 Å². The van der Waals surface area contributed by atoms with Crippen LogP contribution < -0.4 is 0 Å². The van der Waals surface area contributed by atoms with Gasteiger partial charge in [-0.1, -0.05) is 37.3 Å². The second-order valence-corrected chi connectivity index (χ2v) is 5.64. The monoisotopic (exact) mass is 274 g/mol. The average molecular weight is 274 g/mol. The first-order chi connectivity index (χ1) is 9.79. The fourth-order valence-corrected chi connectivity index (χ4v) is 2.81. The first-order valence-corrected chi connectivity index (χ1v) is 7.83. The third kappa shape index (κ3) is 4.64. The fraction of sp³-hybridized carbons (Fsp3) is 0.588. The number of likely N-dealkylation sites (tertiary alicyclic amines) is 1. The van der Waals surface area contributed by atoms with Crippen molar-refractivity contribution in [2.24, 2.45) is 0 Å². The van der Waals surface area contributed by atoms with Crippen molar-refractivity contribution in [3.63, 3.8) is 0 Å². The van der Waals surface area contributed by atoms with Gasteiger partial charge in [0.15, 0.2) is 0 Å². The van der Waals surface area contributed by atoms with Gasteiger partial charge in [0.1, 0.15) is 0 Å². The highest BCUT2D eigenvalue weighted by Crippen LogP contribution is 2.11. The molecule has 1 amide bonds. The predicted octanol–water partition coefficient (Wildman–Crippen LogP) is 2.91. The zero-order valence-corrected chi connectivity index (χ0v) is 12.6. The summed E-state index contributed by atoms with van der Waals surface area (Å²) in [5, 5.41) is 0. The number of piperidine rings is 1. The summed E-state index contributed by atoms with van der Waals surface area (Å²) in [7, 11) is 0. The van der Waals surface area contributed by atoms with Crippen LogP contribution in [-0.4, -0.2) is 41.9 Å². The van der Waals surface area contributed by atoms with Crippen LogP contribution >= 0.6 is 0 Å². The van der Waals surface area contributed by atoms with E-state index in [-0.39, 0.29) is 0 Å². The molecule has 1 aliphatic rings. The van der Waals surface area contributed by atoms with Crippen LogP contribution in [0, 0.1) is 0 Å². The van der Waals surface area contributed by atoms with E-state index in [0.29, 0.717) is 12.5 Å². The highest BCUT2D eigenvalue weighted by atomic mass is 16.2. The number of amides is 1. The highest BCUT2D eigenvalue weighted by molar-refractivity contribution is 5.78. The van der Waals surface area contributed by atoms with Crippen LogP contribution in [0.3, 0.4) is 0 Å². The molecule has 1 fully saturated rings. The molecule has 0 saturated carbocycles. The molecule has 1 saturated heterocycles. The third-order valence-electron chi connectivity index (χ3n) is 3.86. The van der Waals surface area contributed by atoms with E-state index in [1.807, 2.05) is 11.0 Å². The lowest BCUT2D eigenvalue weighted by Gasteiger charge is -2.30. The molecule has 0 spiro atoms. The molecule has 1 aromatic carbocycles. The average Bonchev–Trinajstić information content (AvgIpc) is 2.49. The number of nitrogens with zero attached hydrogens (tertiary/aromatic N) is 2. The summed E-state index contributed by atoms with van der Waals surface area (Å²) in [6.07, 6.45) is 4.68. The number of hydrogen-bond donors (Lipinski definition) is 0. The number of carbonyl (C=O) groups is 1. The summed E-state index contributed by atoms with van der Waals surface area (Å²) in [6.45, 7) is 6.48. The van der Waals surface area contributed by atoms with Crippen molar-refractivity contribution >= 4 is 5.91 Å². The Kier molecular flexibility index (Phi) is 6.06. The molecule has 3 nitrogen and oxygen atoms in total. The van der Waals surface area contributed by atoms with Gasteiger partial charge < -0.3 is 4.90 Å². The van der Waals surface area contributed by atoms with Crippen LogP contribution in [0.5, 0.6) is 0 Å². The zero-order valence-electron chi connectivity index (χ0n) is 12.6. The predicted molar refractivity (Wildman–Crippen MR) is 82.4 cm³/mol. The Morgan fingerprint density at radius 1 is 1.15 bits per heavy atom. The van der Waals surface area contributed by atoms with Gasteiger partial charge >= 0.3 is 0 Å². The van der Waals surface area contributed by atoms with Crippen molar-refractivity contribution < 1.29 is 4.79 Å². The van der Waals surface area contributed by atoms with Gasteiger partial charge in [0.25, 0.3) is 0 Å². The van der Waals surface area contributed by atoms with E-state index in [1.54, 1.807) is 0 Å². The molecular formula is C17H26N2O. The topological polar surface area (TPSA) is 23.6 Å². The molecule has 0 N–H and O–H groups in total. The maximum absolute atomic E-state index is 12.4. The Bertz CT molecular complexity index is 399. The molecule has 2 rings (SSSR count). The second-order valence-electron chi connectivity index (χ2n) is 5.64. The van der Waals surface area contributed by atoms with E-state index in [9.17, 15) is 4.79 Å². The molecule has 0 aliphatic carbocycles. The van der Waals surface area contributed by atoms with E-state index in [2.05, 4.69) is 36.1 Å². The maximum Gasteiger partial charge on any atom is 0.236 e. The number of hydrogen-bond acceptors (Lipinski definition) is 2. The molecule has 1 aromatic rings. The Balaban J connectivity index is 1.89. The van der Waals surface area contributed by atoms with E-state index in [0.717, 1.165) is 45.4 Å². The summed E-state index contributed by atoms with van der Waals surface area (Å²) < 4.78 is 0. The molecular weight excluding hydrogens is 248 g/mol. The molecule has 1 aliphatic heterocycles. The Morgan fingerprint density at radius 2 is 1.85 bits per heavy atom. The first-order valence-electron chi connectivity index (χ1n) is 7.83. The molecule has 0 bridgehead atoms. The Hall–Kier alpha value is -1.35. The van der Waals surface area contributed by atoms with Gasteiger partial charge in [0, 0.05) is 19.6 Å². The second kappa shape index (κ2) is 8.05. The molecule has 110 valence electrons. The number of carbonyl (C=O) groups excluding carboxylic acids is 1. The summed E-state index contributed by atoms with van der Waals surface area (Å²) in [6, 6.07) is 10.4. The minimum Gasteiger partial charge on any atom is -0.342 e. The highest BCUT2D eigenvalue weighted by Gasteiger charge is 2.19. The van der Waals surface area contributed by atoms with Crippen LogP contribution in [-0.2, 0) is 11.3 Å². The quantitative estimate of drug-likeness (QED) is 0.796. The van der Waals surface area contributed by atoms with Gasteiger partial charge in [0.2, 0.25) is 5.91 Å². The van der Waals surface area contributed by atoms with Gasteiger partial charge in [0.05, 0.1) is 6.54 Å². The fourth-order valence-electron chi connectivity index (χ4n) is 2.81. The third-order valence-corrected chi connectivity index (χ3v) is 3.86. The van der Waals surface area contributed by atoms with Gasteiger partial charge in [-0.15, -0.1) is 0 Å². The van der Waals surface area contributed by atoms with Crippen molar-refractivity contribution in [1.82, 2.24) is 9.80 Å². The van der Waals surface area contributed by atoms with Crippen LogP contribution in [0.15, 0.2) is 30.3 Å². The minimum atomic E-state index is 0.300. The smallest absolute Gasteiger partial charge is 0.236 e. The maximum atomic E-state index is 12.4. The SMILES string of the molecule is CCCN(CC(=O)N1CCCCC1)Cc1ccccc1. The number of rotatable bonds is 6. The van der Waals surface area contributed by atoms with Crippen molar-refractivity contribution in [2.75, 3.05) is 26.2 Å². The van der Waals surface area contributed by atoms with Crippen LogP contribution in [0.1, 0.15) is 38.2 Å². The lowest BCUT2D eigenvalue weighted by molar-refractivity contribution is -0.133. The molecule has 0 unspecified atom stereocenters. The van der Waals surface area contributed by atoms with Crippen LogP contribution in [0.4, 0.5) is 0 Å². The van der Waals surface area contributed by atoms with Crippen molar-refractivity contribution in [3.8, 4) is 0 Å². The van der Waals surface area contributed by atoms with E-state index in [4.69, 9.17) is 0 Å². The minimum absolute atomic E-state index is 0.300. The zero-order chi connectivity index (χ0) is 14.2. The van der Waals surface area contributed by atoms with Gasteiger partial charge in [-0.25, -0.2) is 0 Å². The molecule has 1 heterocycles. The molecule has 20 heavy (non-hydrogen) atoms. The lowest BCUT2D eigenvalue weighted by atomic mass is 10.1. The summed E-state index contributed by atoms with van der Waals surface area (Å²) >= 11 is 0. The summed E-state index contributed by atoms with van der Waals surface area (Å²) in [4.78, 5) is 16.7. The van der Waals surface area contributed by atoms with Gasteiger partial charge in [-0.05, 0) is 37.8 Å². The van der Waals surface area contributed by atoms with Crippen molar-refractivity contribution in [3.05, 3.63) is 35.9 Å². The molecule has 0 aromatic heterocycles.